The molecule has 3 aromatic heterocycles. The van der Waals surface area contributed by atoms with E-state index in [1.165, 1.54) is 11.3 Å². The molecule has 0 saturated heterocycles. The summed E-state index contributed by atoms with van der Waals surface area (Å²) in [6.45, 7) is 3.66. The van der Waals surface area contributed by atoms with Crippen molar-refractivity contribution in [1.29, 1.82) is 0 Å². The molecule has 0 radical (unpaired) electrons. The molecule has 118 valence electrons. The van der Waals surface area contributed by atoms with Gasteiger partial charge in [0.15, 0.2) is 16.7 Å². The first-order valence-electron chi connectivity index (χ1n) is 6.96. The number of hydrogen-bond donors (Lipinski definition) is 1. The van der Waals surface area contributed by atoms with E-state index in [1.807, 2.05) is 14.0 Å². The molecule has 0 aliphatic heterocycles. The van der Waals surface area contributed by atoms with Crippen LogP contribution >= 0.6 is 11.3 Å². The Kier molecular flexibility index (Phi) is 4.11. The standard InChI is InChI=1S/C14H15N7OS/c1-8-10(23-14(19-8)11-15-5-4-6-16-11)13(22)18-9(2)12-20-17-7-21(12)3/h4-7,9H,1-3H3,(H,18,22). The average molecular weight is 329 g/mol. The fourth-order valence-electron chi connectivity index (χ4n) is 2.12. The normalized spacial score (nSPS) is 12.1. The molecule has 0 bridgehead atoms. The first-order valence-corrected chi connectivity index (χ1v) is 7.77. The van der Waals surface area contributed by atoms with Crippen LogP contribution in [0.1, 0.15) is 34.2 Å². The number of rotatable bonds is 4. The molecule has 23 heavy (non-hydrogen) atoms. The quantitative estimate of drug-likeness (QED) is 0.779. The Balaban J connectivity index is 1.80. The van der Waals surface area contributed by atoms with E-state index in [4.69, 9.17) is 0 Å². The highest BCUT2D eigenvalue weighted by molar-refractivity contribution is 7.17. The second kappa shape index (κ2) is 6.21. The summed E-state index contributed by atoms with van der Waals surface area (Å²) in [5, 5.41) is 11.4. The van der Waals surface area contributed by atoms with Gasteiger partial charge in [-0.25, -0.2) is 15.0 Å². The summed E-state index contributed by atoms with van der Waals surface area (Å²) < 4.78 is 1.77. The lowest BCUT2D eigenvalue weighted by Crippen LogP contribution is -2.28. The zero-order valence-electron chi connectivity index (χ0n) is 12.9. The van der Waals surface area contributed by atoms with Gasteiger partial charge in [0.05, 0.1) is 11.7 Å². The van der Waals surface area contributed by atoms with Crippen molar-refractivity contribution in [3.05, 3.63) is 41.2 Å². The van der Waals surface area contributed by atoms with Gasteiger partial charge < -0.3 is 9.88 Å². The van der Waals surface area contributed by atoms with Gasteiger partial charge in [-0.15, -0.1) is 21.5 Å². The first kappa shape index (κ1) is 15.2. The SMILES string of the molecule is Cc1nc(-c2ncccn2)sc1C(=O)NC(C)c1nncn1C. The summed E-state index contributed by atoms with van der Waals surface area (Å²) in [6, 6.07) is 1.48. The molecule has 0 saturated carbocycles. The largest absolute Gasteiger partial charge is 0.342 e. The molecular weight excluding hydrogens is 314 g/mol. The highest BCUT2D eigenvalue weighted by Crippen LogP contribution is 2.25. The summed E-state index contributed by atoms with van der Waals surface area (Å²) >= 11 is 1.27. The van der Waals surface area contributed by atoms with E-state index in [9.17, 15) is 4.79 Å². The van der Waals surface area contributed by atoms with Crippen LogP contribution in [0.5, 0.6) is 0 Å². The molecule has 9 heteroatoms. The van der Waals surface area contributed by atoms with Crippen molar-refractivity contribution >= 4 is 17.2 Å². The number of carbonyl (C=O) groups is 1. The van der Waals surface area contributed by atoms with Crippen LogP contribution in [0.2, 0.25) is 0 Å². The predicted molar refractivity (Wildman–Crippen MR) is 84.8 cm³/mol. The minimum absolute atomic E-state index is 0.197. The number of carbonyl (C=O) groups excluding carboxylic acids is 1. The number of nitrogens with one attached hydrogen (secondary N) is 1. The number of aryl methyl sites for hydroxylation is 2. The maximum Gasteiger partial charge on any atom is 0.263 e. The average Bonchev–Trinajstić information content (AvgIpc) is 3.14. The minimum Gasteiger partial charge on any atom is -0.342 e. The van der Waals surface area contributed by atoms with Crippen LogP contribution in [0.25, 0.3) is 10.8 Å². The zero-order chi connectivity index (χ0) is 16.4. The Morgan fingerprint density at radius 1 is 1.35 bits per heavy atom. The minimum atomic E-state index is -0.257. The molecule has 8 nitrogen and oxygen atoms in total. The van der Waals surface area contributed by atoms with E-state index in [0.29, 0.717) is 27.2 Å². The van der Waals surface area contributed by atoms with E-state index >= 15 is 0 Å². The topological polar surface area (TPSA) is 98.5 Å². The molecule has 1 N–H and O–H groups in total. The summed E-state index contributed by atoms with van der Waals surface area (Å²) in [5.74, 6) is 1.01. The van der Waals surface area contributed by atoms with Gasteiger partial charge in [0.2, 0.25) is 0 Å². The van der Waals surface area contributed by atoms with Crippen molar-refractivity contribution in [2.24, 2.45) is 7.05 Å². The van der Waals surface area contributed by atoms with E-state index in [2.05, 4.69) is 30.5 Å². The van der Waals surface area contributed by atoms with Gasteiger partial charge in [0.1, 0.15) is 11.2 Å². The maximum absolute atomic E-state index is 12.5. The number of nitrogens with zero attached hydrogens (tertiary/aromatic N) is 6. The Labute approximate surface area is 136 Å². The molecule has 1 atom stereocenters. The van der Waals surface area contributed by atoms with Crippen molar-refractivity contribution in [3.63, 3.8) is 0 Å². The number of amides is 1. The van der Waals surface area contributed by atoms with Crippen molar-refractivity contribution in [2.75, 3.05) is 0 Å². The number of thiazole rings is 1. The highest BCUT2D eigenvalue weighted by atomic mass is 32.1. The maximum atomic E-state index is 12.5. The van der Waals surface area contributed by atoms with Crippen molar-refractivity contribution < 1.29 is 4.79 Å². The predicted octanol–water partition coefficient (Wildman–Crippen LogP) is 1.53. The highest BCUT2D eigenvalue weighted by Gasteiger charge is 2.21. The summed E-state index contributed by atoms with van der Waals surface area (Å²) in [6.07, 6.45) is 4.89. The molecular formula is C14H15N7OS. The molecule has 0 aromatic carbocycles. The molecule has 0 spiro atoms. The van der Waals surface area contributed by atoms with Crippen LogP contribution in [-0.2, 0) is 7.05 Å². The lowest BCUT2D eigenvalue weighted by molar-refractivity contribution is 0.0941. The molecule has 3 aromatic rings. The van der Waals surface area contributed by atoms with Crippen LogP contribution in [0, 0.1) is 6.92 Å². The monoisotopic (exact) mass is 329 g/mol. The fourth-order valence-corrected chi connectivity index (χ4v) is 3.04. The Morgan fingerprint density at radius 2 is 2.09 bits per heavy atom. The van der Waals surface area contributed by atoms with Crippen molar-refractivity contribution in [1.82, 2.24) is 35.0 Å². The van der Waals surface area contributed by atoms with E-state index in [0.717, 1.165) is 0 Å². The van der Waals surface area contributed by atoms with Crippen molar-refractivity contribution in [2.45, 2.75) is 19.9 Å². The van der Waals surface area contributed by atoms with E-state index in [-0.39, 0.29) is 11.9 Å². The molecule has 0 aliphatic carbocycles. The van der Waals surface area contributed by atoms with Crippen molar-refractivity contribution in [3.8, 4) is 10.8 Å². The second-order valence-electron chi connectivity index (χ2n) is 5.00. The molecule has 1 unspecified atom stereocenters. The molecule has 3 heterocycles. The third-order valence-corrected chi connectivity index (χ3v) is 4.39. The van der Waals surface area contributed by atoms with Gasteiger partial charge in [0, 0.05) is 19.4 Å². The number of hydrogen-bond acceptors (Lipinski definition) is 7. The van der Waals surface area contributed by atoms with Crippen LogP contribution < -0.4 is 5.32 Å². The molecule has 0 aliphatic rings. The van der Waals surface area contributed by atoms with Gasteiger partial charge in [-0.1, -0.05) is 0 Å². The van der Waals surface area contributed by atoms with Gasteiger partial charge in [0.25, 0.3) is 5.91 Å². The first-order chi connectivity index (χ1) is 11.1. The zero-order valence-corrected chi connectivity index (χ0v) is 13.7. The van der Waals surface area contributed by atoms with Gasteiger partial charge >= 0.3 is 0 Å². The molecule has 0 fully saturated rings. The number of aromatic nitrogens is 6. The fraction of sp³-hybridized carbons (Fsp3) is 0.286. The Morgan fingerprint density at radius 3 is 2.74 bits per heavy atom. The van der Waals surface area contributed by atoms with Gasteiger partial charge in [-0.2, -0.15) is 0 Å². The van der Waals surface area contributed by atoms with E-state index < -0.39 is 0 Å². The van der Waals surface area contributed by atoms with E-state index in [1.54, 1.807) is 36.3 Å². The molecule has 3 rings (SSSR count). The Bertz CT molecular complexity index is 827. The second-order valence-corrected chi connectivity index (χ2v) is 6.00. The summed E-state index contributed by atoms with van der Waals surface area (Å²) in [7, 11) is 1.83. The van der Waals surface area contributed by atoms with Gasteiger partial charge in [-0.3, -0.25) is 4.79 Å². The lowest BCUT2D eigenvalue weighted by atomic mass is 10.3. The van der Waals surface area contributed by atoms with Crippen LogP contribution in [-0.4, -0.2) is 35.6 Å². The third-order valence-electron chi connectivity index (χ3n) is 3.24. The Hall–Kier alpha value is -2.68. The summed E-state index contributed by atoms with van der Waals surface area (Å²) in [4.78, 5) is 25.7. The van der Waals surface area contributed by atoms with Crippen LogP contribution in [0.4, 0.5) is 0 Å². The molecule has 1 amide bonds. The van der Waals surface area contributed by atoms with Crippen LogP contribution in [0.3, 0.4) is 0 Å². The third kappa shape index (κ3) is 3.09. The van der Waals surface area contributed by atoms with Gasteiger partial charge in [-0.05, 0) is 19.9 Å². The summed E-state index contributed by atoms with van der Waals surface area (Å²) in [5.41, 5.74) is 0.653. The lowest BCUT2D eigenvalue weighted by Gasteiger charge is -2.12. The van der Waals surface area contributed by atoms with Crippen LogP contribution in [0.15, 0.2) is 24.8 Å². The smallest absolute Gasteiger partial charge is 0.263 e.